The first kappa shape index (κ1) is 22.3. The molecule has 1 N–H and O–H groups in total. The Bertz CT molecular complexity index is 1580. The van der Waals surface area contributed by atoms with Crippen molar-refractivity contribution in [1.82, 2.24) is 19.9 Å². The van der Waals surface area contributed by atoms with E-state index in [0.717, 1.165) is 27.4 Å². The number of carbonyl (C=O) groups excluding carboxylic acids is 2. The molecule has 0 saturated heterocycles. The summed E-state index contributed by atoms with van der Waals surface area (Å²) in [5.74, 6) is -0.345. The highest BCUT2D eigenvalue weighted by Crippen LogP contribution is 2.25. The van der Waals surface area contributed by atoms with Gasteiger partial charge in [0.05, 0.1) is 24.7 Å². The number of fused-ring (bicyclic) bond motifs is 2. The van der Waals surface area contributed by atoms with Crippen LogP contribution in [0.5, 0.6) is 0 Å². The molecule has 0 fully saturated rings. The Hall–Kier alpha value is -4.53. The van der Waals surface area contributed by atoms with Crippen LogP contribution in [0, 0.1) is 13.8 Å². The van der Waals surface area contributed by atoms with E-state index in [4.69, 9.17) is 9.26 Å². The summed E-state index contributed by atoms with van der Waals surface area (Å²) in [6.07, 6.45) is 1.32. The number of rotatable bonds is 6. The Kier molecular flexibility index (Phi) is 5.74. The first-order valence-corrected chi connectivity index (χ1v) is 11.2. The molecular formula is C26H23N5O4. The van der Waals surface area contributed by atoms with Gasteiger partial charge in [0.25, 0.3) is 0 Å². The molecule has 0 bridgehead atoms. The van der Waals surface area contributed by atoms with Gasteiger partial charge >= 0.3 is 5.97 Å². The maximum atomic E-state index is 13.1. The largest absolute Gasteiger partial charge is 0.462 e. The van der Waals surface area contributed by atoms with Crippen LogP contribution in [-0.2, 0) is 16.0 Å². The topological polar surface area (TPSA) is 112 Å². The lowest BCUT2D eigenvalue weighted by Crippen LogP contribution is -2.20. The third kappa shape index (κ3) is 4.23. The zero-order chi connectivity index (χ0) is 24.5. The second-order valence-electron chi connectivity index (χ2n) is 8.19. The van der Waals surface area contributed by atoms with Crippen LogP contribution in [0.25, 0.3) is 27.7 Å². The Balaban J connectivity index is 1.50. The molecule has 3 aromatic heterocycles. The SMILES string of the molecule is CCOC(=O)c1cnn(-c2ccc3ccccc3n2)c1NC(=O)Cc1noc2cc(C)c(C)cc12. The number of pyridine rings is 1. The zero-order valence-electron chi connectivity index (χ0n) is 19.5. The molecule has 176 valence electrons. The summed E-state index contributed by atoms with van der Waals surface area (Å²) >= 11 is 0. The van der Waals surface area contributed by atoms with E-state index < -0.39 is 5.97 Å². The van der Waals surface area contributed by atoms with Gasteiger partial charge in [0.15, 0.2) is 17.2 Å². The summed E-state index contributed by atoms with van der Waals surface area (Å²) in [5.41, 5.74) is 4.17. The molecule has 0 unspecified atom stereocenters. The lowest BCUT2D eigenvalue weighted by molar-refractivity contribution is -0.115. The molecule has 0 aliphatic heterocycles. The zero-order valence-corrected chi connectivity index (χ0v) is 19.5. The summed E-state index contributed by atoms with van der Waals surface area (Å²) in [7, 11) is 0. The van der Waals surface area contributed by atoms with Gasteiger partial charge in [-0.25, -0.2) is 9.78 Å². The summed E-state index contributed by atoms with van der Waals surface area (Å²) in [6.45, 7) is 5.88. The predicted molar refractivity (Wildman–Crippen MR) is 131 cm³/mol. The number of carbonyl (C=O) groups is 2. The third-order valence-electron chi connectivity index (χ3n) is 5.81. The number of nitrogens with zero attached hydrogens (tertiary/aromatic N) is 4. The molecule has 0 aliphatic carbocycles. The number of ether oxygens (including phenoxy) is 1. The lowest BCUT2D eigenvalue weighted by atomic mass is 10.1. The molecule has 2 aromatic carbocycles. The van der Waals surface area contributed by atoms with Crippen LogP contribution in [0.3, 0.4) is 0 Å². The molecule has 0 atom stereocenters. The normalized spacial score (nSPS) is 11.2. The molecule has 0 spiro atoms. The Morgan fingerprint density at radius 3 is 2.71 bits per heavy atom. The van der Waals surface area contributed by atoms with Crippen molar-refractivity contribution in [2.45, 2.75) is 27.2 Å². The van der Waals surface area contributed by atoms with E-state index in [0.29, 0.717) is 17.1 Å². The fourth-order valence-corrected chi connectivity index (χ4v) is 3.87. The van der Waals surface area contributed by atoms with Crippen molar-refractivity contribution in [2.24, 2.45) is 0 Å². The number of benzene rings is 2. The molecule has 9 heteroatoms. The fourth-order valence-electron chi connectivity index (χ4n) is 3.87. The van der Waals surface area contributed by atoms with Gasteiger partial charge in [0, 0.05) is 10.8 Å². The van der Waals surface area contributed by atoms with Crippen LogP contribution in [0.15, 0.2) is 59.3 Å². The quantitative estimate of drug-likeness (QED) is 0.363. The number of amides is 1. The van der Waals surface area contributed by atoms with Crippen molar-refractivity contribution in [3.05, 3.63) is 77.1 Å². The summed E-state index contributed by atoms with van der Waals surface area (Å²) in [4.78, 5) is 30.3. The van der Waals surface area contributed by atoms with E-state index in [1.165, 1.54) is 10.9 Å². The van der Waals surface area contributed by atoms with Crippen molar-refractivity contribution in [3.8, 4) is 5.82 Å². The first-order chi connectivity index (χ1) is 16.9. The number of hydrogen-bond acceptors (Lipinski definition) is 7. The van der Waals surface area contributed by atoms with E-state index in [1.54, 1.807) is 13.0 Å². The van der Waals surface area contributed by atoms with Crippen LogP contribution in [-0.4, -0.2) is 38.4 Å². The molecule has 0 radical (unpaired) electrons. The first-order valence-electron chi connectivity index (χ1n) is 11.2. The number of nitrogens with one attached hydrogen (secondary N) is 1. The average molecular weight is 470 g/mol. The highest BCUT2D eigenvalue weighted by atomic mass is 16.5. The van der Waals surface area contributed by atoms with Crippen LogP contribution in [0.2, 0.25) is 0 Å². The molecule has 5 aromatic rings. The van der Waals surface area contributed by atoms with Crippen molar-refractivity contribution in [1.29, 1.82) is 0 Å². The van der Waals surface area contributed by atoms with Gasteiger partial charge < -0.3 is 14.6 Å². The molecule has 5 rings (SSSR count). The van der Waals surface area contributed by atoms with Crippen molar-refractivity contribution < 1.29 is 18.8 Å². The number of anilines is 1. The van der Waals surface area contributed by atoms with E-state index in [-0.39, 0.29) is 30.3 Å². The maximum Gasteiger partial charge on any atom is 0.343 e. The Morgan fingerprint density at radius 1 is 1.09 bits per heavy atom. The fraction of sp³-hybridized carbons (Fsp3) is 0.192. The monoisotopic (exact) mass is 469 g/mol. The van der Waals surface area contributed by atoms with E-state index in [2.05, 4.69) is 20.6 Å². The number of aromatic nitrogens is 4. The van der Waals surface area contributed by atoms with E-state index in [9.17, 15) is 9.59 Å². The molecule has 9 nitrogen and oxygen atoms in total. The molecular weight excluding hydrogens is 446 g/mol. The van der Waals surface area contributed by atoms with Gasteiger partial charge in [-0.05, 0) is 62.2 Å². The standard InChI is InChI=1S/C26H23N5O4/c1-4-34-26(33)19-14-27-31(23-10-9-17-7-5-6-8-20(17)28-23)25(19)29-24(32)13-21-18-11-15(2)16(3)12-22(18)35-30-21/h5-12,14H,4,13H2,1-3H3,(H,29,32). The number of para-hydroxylation sites is 1. The molecule has 3 heterocycles. The highest BCUT2D eigenvalue weighted by molar-refractivity contribution is 6.01. The third-order valence-corrected chi connectivity index (χ3v) is 5.81. The smallest absolute Gasteiger partial charge is 0.343 e. The van der Waals surface area contributed by atoms with Gasteiger partial charge in [0.1, 0.15) is 11.3 Å². The minimum Gasteiger partial charge on any atom is -0.462 e. The van der Waals surface area contributed by atoms with Crippen LogP contribution in [0.4, 0.5) is 5.82 Å². The van der Waals surface area contributed by atoms with Crippen LogP contribution < -0.4 is 5.32 Å². The Morgan fingerprint density at radius 2 is 1.89 bits per heavy atom. The summed E-state index contributed by atoms with van der Waals surface area (Å²) < 4.78 is 12.0. The maximum absolute atomic E-state index is 13.1. The average Bonchev–Trinajstić information content (AvgIpc) is 3.43. The number of hydrogen-bond donors (Lipinski definition) is 1. The second-order valence-corrected chi connectivity index (χ2v) is 8.19. The molecule has 35 heavy (non-hydrogen) atoms. The molecule has 0 saturated carbocycles. The number of esters is 1. The van der Waals surface area contributed by atoms with Crippen LogP contribution in [0.1, 0.15) is 34.1 Å². The Labute approximate surface area is 200 Å². The van der Waals surface area contributed by atoms with Gasteiger partial charge in [0.2, 0.25) is 5.91 Å². The van der Waals surface area contributed by atoms with E-state index >= 15 is 0 Å². The molecule has 0 aliphatic rings. The number of aryl methyl sites for hydroxylation is 2. The summed E-state index contributed by atoms with van der Waals surface area (Å²) in [6, 6.07) is 15.2. The summed E-state index contributed by atoms with van der Waals surface area (Å²) in [5, 5.41) is 13.0. The predicted octanol–water partition coefficient (Wildman–Crippen LogP) is 4.54. The highest BCUT2D eigenvalue weighted by Gasteiger charge is 2.23. The van der Waals surface area contributed by atoms with Gasteiger partial charge in [-0.15, -0.1) is 0 Å². The van der Waals surface area contributed by atoms with Crippen molar-refractivity contribution >= 4 is 39.6 Å². The lowest BCUT2D eigenvalue weighted by Gasteiger charge is -2.11. The van der Waals surface area contributed by atoms with E-state index in [1.807, 2.05) is 56.3 Å². The molecule has 1 amide bonds. The van der Waals surface area contributed by atoms with Crippen LogP contribution >= 0.6 is 0 Å². The minimum atomic E-state index is -0.590. The minimum absolute atomic E-state index is 0.0475. The van der Waals surface area contributed by atoms with Crippen molar-refractivity contribution in [3.63, 3.8) is 0 Å². The van der Waals surface area contributed by atoms with Crippen molar-refractivity contribution in [2.75, 3.05) is 11.9 Å². The van der Waals surface area contributed by atoms with Gasteiger partial charge in [-0.3, -0.25) is 4.79 Å². The van der Waals surface area contributed by atoms with Gasteiger partial charge in [-0.2, -0.15) is 9.78 Å². The van der Waals surface area contributed by atoms with Gasteiger partial charge in [-0.1, -0.05) is 23.4 Å². The second kappa shape index (κ2) is 9.02.